The Morgan fingerprint density at radius 1 is 0.500 bits per heavy atom. The van der Waals surface area contributed by atoms with E-state index >= 15 is 0 Å². The molecular formula is C38H48O4-2. The molecule has 0 aromatic heterocycles. The van der Waals surface area contributed by atoms with Crippen LogP contribution in [0.15, 0.2) is 60.7 Å². The van der Waals surface area contributed by atoms with Crippen LogP contribution < -0.4 is 10.2 Å². The average molecular weight is 569 g/mol. The van der Waals surface area contributed by atoms with E-state index in [9.17, 15) is 19.8 Å². The molecule has 0 aliphatic carbocycles. The average Bonchev–Trinajstić information content (AvgIpc) is 2.99. The van der Waals surface area contributed by atoms with Gasteiger partial charge in [0.2, 0.25) is 0 Å². The van der Waals surface area contributed by atoms with E-state index in [1.165, 1.54) is 70.3 Å². The van der Waals surface area contributed by atoms with Crippen molar-refractivity contribution in [1.29, 1.82) is 0 Å². The first kappa shape index (κ1) is 33.1. The first-order valence-electron chi connectivity index (χ1n) is 16.3. The lowest BCUT2D eigenvalue weighted by molar-refractivity contribution is -0.255. The van der Waals surface area contributed by atoms with Gasteiger partial charge in [-0.1, -0.05) is 152 Å². The van der Waals surface area contributed by atoms with Gasteiger partial charge in [-0.2, -0.15) is 0 Å². The Morgan fingerprint density at radius 2 is 0.952 bits per heavy atom. The number of rotatable bonds is 20. The van der Waals surface area contributed by atoms with Crippen molar-refractivity contribution in [3.05, 3.63) is 82.9 Å². The number of hydrogen-bond acceptors (Lipinski definition) is 4. The van der Waals surface area contributed by atoms with Crippen LogP contribution in [-0.4, -0.2) is 11.9 Å². The Kier molecular flexibility index (Phi) is 14.3. The Hall–Kier alpha value is -3.40. The van der Waals surface area contributed by atoms with Crippen LogP contribution in [0.25, 0.3) is 22.3 Å². The zero-order chi connectivity index (χ0) is 30.2. The fourth-order valence-electron chi connectivity index (χ4n) is 6.02. The van der Waals surface area contributed by atoms with E-state index in [1.54, 1.807) is 6.07 Å². The van der Waals surface area contributed by atoms with Crippen molar-refractivity contribution >= 4 is 11.9 Å². The molecule has 4 nitrogen and oxygen atoms in total. The normalized spacial score (nSPS) is 11.1. The van der Waals surface area contributed by atoms with Crippen LogP contribution >= 0.6 is 0 Å². The van der Waals surface area contributed by atoms with Crippen LogP contribution in [0.4, 0.5) is 0 Å². The molecule has 3 aromatic carbocycles. The zero-order valence-corrected chi connectivity index (χ0v) is 25.7. The van der Waals surface area contributed by atoms with E-state index in [0.29, 0.717) is 11.1 Å². The SMILES string of the molecule is CCCCCCCCCc1ccccc1-c1ccc(C(=O)[O-])c(-c2ccccc2CCCCCCCCC)c1C(=O)[O-]. The van der Waals surface area contributed by atoms with Gasteiger partial charge in [-0.3, -0.25) is 0 Å². The summed E-state index contributed by atoms with van der Waals surface area (Å²) >= 11 is 0. The van der Waals surface area contributed by atoms with E-state index in [4.69, 9.17) is 0 Å². The Morgan fingerprint density at radius 3 is 1.45 bits per heavy atom. The Balaban J connectivity index is 1.95. The van der Waals surface area contributed by atoms with E-state index in [-0.39, 0.29) is 16.7 Å². The number of carbonyl (C=O) groups is 2. The second kappa shape index (κ2) is 18.2. The molecule has 0 radical (unpaired) electrons. The second-order valence-electron chi connectivity index (χ2n) is 11.5. The molecule has 0 atom stereocenters. The summed E-state index contributed by atoms with van der Waals surface area (Å²) in [6.45, 7) is 4.43. The van der Waals surface area contributed by atoms with Crippen molar-refractivity contribution in [2.75, 3.05) is 0 Å². The zero-order valence-electron chi connectivity index (χ0n) is 25.7. The van der Waals surface area contributed by atoms with Gasteiger partial charge in [0.1, 0.15) is 0 Å². The number of benzene rings is 3. The van der Waals surface area contributed by atoms with E-state index in [1.807, 2.05) is 48.5 Å². The lowest BCUT2D eigenvalue weighted by atomic mass is 9.84. The van der Waals surface area contributed by atoms with Gasteiger partial charge < -0.3 is 19.8 Å². The van der Waals surface area contributed by atoms with Crippen molar-refractivity contribution in [1.82, 2.24) is 0 Å². The molecule has 3 aromatic rings. The molecule has 0 spiro atoms. The molecule has 0 unspecified atom stereocenters. The van der Waals surface area contributed by atoms with Gasteiger partial charge in [-0.05, 0) is 53.5 Å². The van der Waals surface area contributed by atoms with Gasteiger partial charge in [0, 0.05) is 16.7 Å². The van der Waals surface area contributed by atoms with Crippen molar-refractivity contribution < 1.29 is 19.8 Å². The van der Waals surface area contributed by atoms with Crippen LogP contribution in [0.3, 0.4) is 0 Å². The van der Waals surface area contributed by atoms with Crippen LogP contribution in [0.5, 0.6) is 0 Å². The Labute approximate surface area is 253 Å². The summed E-state index contributed by atoms with van der Waals surface area (Å²) in [7, 11) is 0. The number of unbranched alkanes of at least 4 members (excludes halogenated alkanes) is 12. The van der Waals surface area contributed by atoms with E-state index in [2.05, 4.69) is 13.8 Å². The minimum Gasteiger partial charge on any atom is -0.545 e. The number of aryl methyl sites for hydroxylation is 2. The van der Waals surface area contributed by atoms with Crippen LogP contribution in [0, 0.1) is 0 Å². The number of hydrogen-bond donors (Lipinski definition) is 0. The summed E-state index contributed by atoms with van der Waals surface area (Å²) in [4.78, 5) is 25.2. The molecule has 0 saturated heterocycles. The predicted molar refractivity (Wildman–Crippen MR) is 169 cm³/mol. The molecule has 3 rings (SSSR count). The maximum absolute atomic E-state index is 12.8. The molecule has 0 aliphatic rings. The molecule has 0 amide bonds. The first-order chi connectivity index (χ1) is 20.5. The third kappa shape index (κ3) is 9.58. The maximum atomic E-state index is 12.8. The topological polar surface area (TPSA) is 80.3 Å². The van der Waals surface area contributed by atoms with E-state index in [0.717, 1.165) is 55.2 Å². The summed E-state index contributed by atoms with van der Waals surface area (Å²) in [6.07, 6.45) is 18.2. The molecule has 226 valence electrons. The van der Waals surface area contributed by atoms with Gasteiger partial charge in [-0.15, -0.1) is 0 Å². The van der Waals surface area contributed by atoms with Gasteiger partial charge in [0.05, 0.1) is 11.9 Å². The van der Waals surface area contributed by atoms with Gasteiger partial charge in [-0.25, -0.2) is 0 Å². The highest BCUT2D eigenvalue weighted by Gasteiger charge is 2.21. The van der Waals surface area contributed by atoms with Crippen LogP contribution in [0.1, 0.15) is 136 Å². The molecule has 0 saturated carbocycles. The minimum absolute atomic E-state index is 0.0734. The summed E-state index contributed by atoms with van der Waals surface area (Å²) in [5, 5.41) is 25.2. The van der Waals surface area contributed by atoms with Crippen molar-refractivity contribution in [3.63, 3.8) is 0 Å². The molecular weight excluding hydrogens is 520 g/mol. The fraction of sp³-hybridized carbons (Fsp3) is 0.474. The number of carboxylic acids is 2. The lowest BCUT2D eigenvalue weighted by Gasteiger charge is -2.23. The van der Waals surface area contributed by atoms with Gasteiger partial charge in [0.25, 0.3) is 0 Å². The molecule has 4 heteroatoms. The van der Waals surface area contributed by atoms with Crippen molar-refractivity contribution in [3.8, 4) is 22.3 Å². The molecule has 0 aliphatic heterocycles. The molecule has 0 fully saturated rings. The van der Waals surface area contributed by atoms with Gasteiger partial charge in [0.15, 0.2) is 0 Å². The number of carboxylic acid groups (broad SMARTS) is 2. The maximum Gasteiger partial charge on any atom is 0.0728 e. The first-order valence-corrected chi connectivity index (χ1v) is 16.3. The van der Waals surface area contributed by atoms with E-state index < -0.39 is 11.9 Å². The van der Waals surface area contributed by atoms with Crippen LogP contribution in [-0.2, 0) is 12.8 Å². The van der Waals surface area contributed by atoms with Crippen molar-refractivity contribution in [2.45, 2.75) is 117 Å². The van der Waals surface area contributed by atoms with Crippen molar-refractivity contribution in [2.24, 2.45) is 0 Å². The smallest absolute Gasteiger partial charge is 0.0728 e. The third-order valence-electron chi connectivity index (χ3n) is 8.32. The number of aromatic carboxylic acids is 2. The summed E-state index contributed by atoms with van der Waals surface area (Å²) in [5.41, 5.74) is 3.97. The lowest BCUT2D eigenvalue weighted by Crippen LogP contribution is -2.28. The molecule has 0 heterocycles. The monoisotopic (exact) mass is 568 g/mol. The predicted octanol–water partition coefficient (Wildman–Crippen LogP) is 8.33. The summed E-state index contributed by atoms with van der Waals surface area (Å²) < 4.78 is 0. The van der Waals surface area contributed by atoms with Crippen LogP contribution in [0.2, 0.25) is 0 Å². The Bertz CT molecular complexity index is 1280. The quantitative estimate of drug-likeness (QED) is 0.128. The summed E-state index contributed by atoms with van der Waals surface area (Å²) in [6, 6.07) is 18.6. The summed E-state index contributed by atoms with van der Waals surface area (Å²) in [5.74, 6) is -2.76. The van der Waals surface area contributed by atoms with Gasteiger partial charge >= 0.3 is 0 Å². The highest BCUT2D eigenvalue weighted by molar-refractivity contribution is 6.09. The minimum atomic E-state index is -1.39. The third-order valence-corrected chi connectivity index (χ3v) is 8.32. The molecule has 0 bridgehead atoms. The second-order valence-corrected chi connectivity index (χ2v) is 11.5. The molecule has 42 heavy (non-hydrogen) atoms. The highest BCUT2D eigenvalue weighted by atomic mass is 16.4. The largest absolute Gasteiger partial charge is 0.545 e. The molecule has 0 N–H and O–H groups in total. The number of carbonyl (C=O) groups excluding carboxylic acids is 2. The highest BCUT2D eigenvalue weighted by Crippen LogP contribution is 2.38. The fourth-order valence-corrected chi connectivity index (χ4v) is 6.02. The standard InChI is InChI=1S/C38H50O4/c1-3-5-7-9-11-13-15-21-29-23-17-19-25-31(29)33-27-28-34(37(39)40)35(36(33)38(41)42)32-26-20-18-24-30(32)22-16-14-12-10-8-6-4-2/h17-20,23-28H,3-16,21-22H2,1-2H3,(H,39,40)(H,41,42)/p-2.